The number of amides is 2. The van der Waals surface area contributed by atoms with Crippen molar-refractivity contribution >= 4 is 27.6 Å². The number of halogens is 1. The first kappa shape index (κ1) is 26.5. The van der Waals surface area contributed by atoms with Gasteiger partial charge in [-0.1, -0.05) is 12.1 Å². The second kappa shape index (κ2) is 10.8. The van der Waals surface area contributed by atoms with Crippen molar-refractivity contribution in [1.29, 1.82) is 0 Å². The fourth-order valence-electron chi connectivity index (χ4n) is 5.07. The quantitative estimate of drug-likeness (QED) is 0.430. The van der Waals surface area contributed by atoms with Crippen LogP contribution in [0.15, 0.2) is 24.3 Å². The Morgan fingerprint density at radius 3 is 2.61 bits per heavy atom. The maximum atomic E-state index is 13.5. The van der Waals surface area contributed by atoms with E-state index in [4.69, 9.17) is 9.47 Å². The molecule has 0 bridgehead atoms. The van der Waals surface area contributed by atoms with Crippen LogP contribution in [-0.2, 0) is 24.3 Å². The first-order valence-corrected chi connectivity index (χ1v) is 13.7. The predicted molar refractivity (Wildman–Crippen MR) is 128 cm³/mol. The largest absolute Gasteiger partial charge is 0.444 e. The van der Waals surface area contributed by atoms with Gasteiger partial charge in [-0.2, -0.15) is 4.31 Å². The maximum Gasteiger partial charge on any atom is 0.410 e. The van der Waals surface area contributed by atoms with Gasteiger partial charge < -0.3 is 14.4 Å². The van der Waals surface area contributed by atoms with E-state index >= 15 is 0 Å². The molecule has 0 radical (unpaired) electrons. The highest BCUT2D eigenvalue weighted by atomic mass is 32.2. The van der Waals surface area contributed by atoms with Crippen molar-refractivity contribution in [3.63, 3.8) is 0 Å². The summed E-state index contributed by atoms with van der Waals surface area (Å²) >= 11 is 0. The fourth-order valence-corrected chi connectivity index (χ4v) is 7.04. The van der Waals surface area contributed by atoms with E-state index in [1.54, 1.807) is 11.5 Å². The minimum absolute atomic E-state index is 0.0680. The van der Waals surface area contributed by atoms with Gasteiger partial charge in [0, 0.05) is 32.6 Å². The molecule has 3 aliphatic heterocycles. The molecule has 0 aromatic heterocycles. The number of piperidine rings is 1. The zero-order valence-corrected chi connectivity index (χ0v) is 21.1. The molecule has 1 atom stereocenters. The Morgan fingerprint density at radius 2 is 2.03 bits per heavy atom. The van der Waals surface area contributed by atoms with E-state index < -0.39 is 33.2 Å². The lowest BCUT2D eigenvalue weighted by atomic mass is 9.79. The molecule has 3 heterocycles. The van der Waals surface area contributed by atoms with E-state index in [1.165, 1.54) is 21.3 Å². The number of hydrogen-bond acceptors (Lipinski definition) is 7. The van der Waals surface area contributed by atoms with Crippen molar-refractivity contribution in [2.24, 2.45) is 5.41 Å². The number of likely N-dealkylation sites (tertiary alicyclic amines) is 1. The highest BCUT2D eigenvalue weighted by molar-refractivity contribution is 7.89. The second-order valence-electron chi connectivity index (χ2n) is 9.63. The molecular formula is C24H32FN3O7S. The van der Waals surface area contributed by atoms with Crippen LogP contribution in [0.5, 0.6) is 0 Å². The maximum absolute atomic E-state index is 13.5. The number of hydrogen-bond donors (Lipinski definition) is 2. The highest BCUT2D eigenvalue weighted by Gasteiger charge is 2.47. The molecule has 1 unspecified atom stereocenters. The van der Waals surface area contributed by atoms with Crippen LogP contribution in [0.25, 0.3) is 5.57 Å². The molecule has 36 heavy (non-hydrogen) atoms. The zero-order valence-electron chi connectivity index (χ0n) is 20.2. The molecule has 0 saturated carbocycles. The average Bonchev–Trinajstić information content (AvgIpc) is 3.37. The summed E-state index contributed by atoms with van der Waals surface area (Å²) in [5, 5.41) is 9.37. The average molecular weight is 526 g/mol. The lowest BCUT2D eigenvalue weighted by Crippen LogP contribution is -2.54. The van der Waals surface area contributed by atoms with Crippen molar-refractivity contribution in [3.8, 4) is 0 Å². The van der Waals surface area contributed by atoms with Crippen LogP contribution in [0.1, 0.15) is 36.8 Å². The third-order valence-corrected chi connectivity index (χ3v) is 9.31. The van der Waals surface area contributed by atoms with Gasteiger partial charge in [0.05, 0.1) is 24.4 Å². The van der Waals surface area contributed by atoms with Gasteiger partial charge in [-0.25, -0.2) is 23.1 Å². The SMILES string of the molecule is Cc1cc(F)ccc1C1=CCN(S(=O)(=O)CC2(C(=O)NO)CCN(C(=O)OC3CCOC3)CC2)CC1. The molecule has 2 fully saturated rings. The minimum atomic E-state index is -3.87. The van der Waals surface area contributed by atoms with E-state index in [0.717, 1.165) is 16.7 Å². The number of carbonyl (C=O) groups excluding carboxylic acids is 2. The zero-order chi connectivity index (χ0) is 25.9. The number of carbonyl (C=O) groups is 2. The number of rotatable bonds is 6. The summed E-state index contributed by atoms with van der Waals surface area (Å²) in [6, 6.07) is 4.52. The van der Waals surface area contributed by atoms with Crippen LogP contribution < -0.4 is 5.48 Å². The van der Waals surface area contributed by atoms with Crippen LogP contribution in [0.4, 0.5) is 9.18 Å². The molecule has 2 amide bonds. The summed E-state index contributed by atoms with van der Waals surface area (Å²) in [5.41, 5.74) is 2.86. The van der Waals surface area contributed by atoms with Crippen molar-refractivity contribution in [3.05, 3.63) is 41.2 Å². The number of ether oxygens (including phenoxy) is 2. The monoisotopic (exact) mass is 525 g/mol. The first-order valence-electron chi connectivity index (χ1n) is 12.0. The third-order valence-electron chi connectivity index (χ3n) is 7.28. The summed E-state index contributed by atoms with van der Waals surface area (Å²) < 4.78 is 52.1. The fraction of sp³-hybridized carbons (Fsp3) is 0.583. The molecule has 4 rings (SSSR count). The van der Waals surface area contributed by atoms with Gasteiger partial charge in [-0.05, 0) is 55.0 Å². The predicted octanol–water partition coefficient (Wildman–Crippen LogP) is 2.07. The van der Waals surface area contributed by atoms with Gasteiger partial charge in [0.25, 0.3) is 5.91 Å². The first-order chi connectivity index (χ1) is 17.1. The topological polar surface area (TPSA) is 125 Å². The molecule has 3 aliphatic rings. The molecule has 0 spiro atoms. The van der Waals surface area contributed by atoms with E-state index in [-0.39, 0.29) is 50.9 Å². The van der Waals surface area contributed by atoms with E-state index in [1.807, 2.05) is 13.0 Å². The number of hydroxylamine groups is 1. The molecule has 1 aromatic rings. The summed E-state index contributed by atoms with van der Waals surface area (Å²) in [7, 11) is -3.87. The molecule has 198 valence electrons. The van der Waals surface area contributed by atoms with Crippen LogP contribution in [0, 0.1) is 18.2 Å². The van der Waals surface area contributed by atoms with Crippen molar-refractivity contribution < 1.29 is 37.1 Å². The van der Waals surface area contributed by atoms with Gasteiger partial charge >= 0.3 is 6.09 Å². The van der Waals surface area contributed by atoms with Crippen molar-refractivity contribution in [2.75, 3.05) is 45.1 Å². The van der Waals surface area contributed by atoms with Crippen LogP contribution in [0.2, 0.25) is 0 Å². The molecule has 2 saturated heterocycles. The third kappa shape index (κ3) is 5.72. The van der Waals surface area contributed by atoms with Gasteiger partial charge in [-0.3, -0.25) is 10.0 Å². The standard InChI is InChI=1S/C24H32FN3O7S/c1-17-14-19(25)2-3-21(17)18-4-9-28(10-5-18)36(32,33)16-24(22(29)26-31)7-11-27(12-8-24)23(30)35-20-6-13-34-15-20/h2-4,14,20,31H,5-13,15-16H2,1H3,(H,26,29). The Hall–Kier alpha value is -2.54. The number of nitrogens with one attached hydrogen (secondary N) is 1. The van der Waals surface area contributed by atoms with Crippen LogP contribution in [0.3, 0.4) is 0 Å². The summed E-state index contributed by atoms with van der Waals surface area (Å²) in [5.74, 6) is -1.58. The molecule has 1 aromatic carbocycles. The highest BCUT2D eigenvalue weighted by Crippen LogP contribution is 2.36. The number of aryl methyl sites for hydroxylation is 1. The van der Waals surface area contributed by atoms with Crippen LogP contribution in [-0.4, -0.2) is 86.1 Å². The lowest BCUT2D eigenvalue weighted by molar-refractivity contribution is -0.141. The van der Waals surface area contributed by atoms with E-state index in [0.29, 0.717) is 26.1 Å². The number of benzene rings is 1. The summed E-state index contributed by atoms with van der Waals surface area (Å²) in [6.07, 6.45) is 2.21. The molecule has 2 N–H and O–H groups in total. The van der Waals surface area contributed by atoms with Crippen molar-refractivity contribution in [2.45, 2.75) is 38.7 Å². The van der Waals surface area contributed by atoms with Gasteiger partial charge in [0.15, 0.2) is 0 Å². The Labute approximate surface area is 210 Å². The Balaban J connectivity index is 1.42. The normalized spacial score (nSPS) is 22.7. The van der Waals surface area contributed by atoms with Gasteiger partial charge in [-0.15, -0.1) is 0 Å². The minimum Gasteiger partial charge on any atom is -0.444 e. The molecular weight excluding hydrogens is 493 g/mol. The molecule has 12 heteroatoms. The van der Waals surface area contributed by atoms with E-state index in [9.17, 15) is 27.6 Å². The summed E-state index contributed by atoms with van der Waals surface area (Å²) in [6.45, 7) is 3.31. The number of sulfonamides is 1. The molecule has 0 aliphatic carbocycles. The summed E-state index contributed by atoms with van der Waals surface area (Å²) in [4.78, 5) is 26.6. The van der Waals surface area contributed by atoms with E-state index in [2.05, 4.69) is 0 Å². The smallest absolute Gasteiger partial charge is 0.410 e. The molecule has 10 nitrogen and oxygen atoms in total. The Morgan fingerprint density at radius 1 is 1.28 bits per heavy atom. The number of nitrogens with zero attached hydrogens (tertiary/aromatic N) is 2. The van der Waals surface area contributed by atoms with Crippen LogP contribution >= 0.6 is 0 Å². The van der Waals surface area contributed by atoms with Crippen molar-refractivity contribution in [1.82, 2.24) is 14.7 Å². The lowest BCUT2D eigenvalue weighted by Gasteiger charge is -2.40. The Kier molecular flexibility index (Phi) is 7.98. The van der Waals surface area contributed by atoms with Gasteiger partial charge in [0.1, 0.15) is 11.9 Å². The van der Waals surface area contributed by atoms with Gasteiger partial charge in [0.2, 0.25) is 10.0 Å². The second-order valence-corrected chi connectivity index (χ2v) is 11.6. The Bertz CT molecular complexity index is 1130.